The Labute approximate surface area is 202 Å². The first-order chi connectivity index (χ1) is 16.6. The van der Waals surface area contributed by atoms with Crippen LogP contribution in [0.25, 0.3) is 0 Å². The molecule has 0 bridgehead atoms. The van der Waals surface area contributed by atoms with E-state index in [1.807, 2.05) is 35.2 Å². The lowest BCUT2D eigenvalue weighted by Crippen LogP contribution is -2.49. The number of carbonyl (C=O) groups is 2. The quantitative estimate of drug-likeness (QED) is 0.616. The second-order valence-electron chi connectivity index (χ2n) is 8.96. The molecule has 0 spiro atoms. The molecule has 182 valence electrons. The smallest absolute Gasteiger partial charge is 0.223 e. The number of ether oxygens (including phenoxy) is 2. The number of amides is 2. The lowest BCUT2D eigenvalue weighted by Gasteiger charge is -2.34. The zero-order chi connectivity index (χ0) is 23.8. The lowest BCUT2D eigenvalue weighted by molar-refractivity contribution is -0.135. The molecule has 1 N–H and O–H groups in total. The summed E-state index contributed by atoms with van der Waals surface area (Å²) in [6.45, 7) is 4.45. The lowest BCUT2D eigenvalue weighted by atomic mass is 9.87. The van der Waals surface area contributed by atoms with Crippen molar-refractivity contribution in [3.8, 4) is 11.5 Å². The standard InChI is InChI=1S/C27H35N3O4/c1-33-22-9-11-23(12-10-22)34-20-19-29-15-17-30(18-16-29)27(32)14-13-26(31)28-25-8-4-6-21-5-2-3-7-24(21)25/h2-3,5,7,9-12,25H,4,6,8,13-20H2,1H3,(H,28,31). The van der Waals surface area contributed by atoms with Gasteiger partial charge in [-0.25, -0.2) is 0 Å². The van der Waals surface area contributed by atoms with E-state index in [-0.39, 0.29) is 30.7 Å². The van der Waals surface area contributed by atoms with Crippen molar-refractivity contribution >= 4 is 11.8 Å². The van der Waals surface area contributed by atoms with Gasteiger partial charge in [0.1, 0.15) is 18.1 Å². The first-order valence-corrected chi connectivity index (χ1v) is 12.3. The van der Waals surface area contributed by atoms with Gasteiger partial charge in [-0.05, 0) is 54.7 Å². The van der Waals surface area contributed by atoms with E-state index in [9.17, 15) is 9.59 Å². The second-order valence-corrected chi connectivity index (χ2v) is 8.96. The average Bonchev–Trinajstić information content (AvgIpc) is 2.88. The number of fused-ring (bicyclic) bond motifs is 1. The molecule has 1 aliphatic carbocycles. The van der Waals surface area contributed by atoms with Crippen LogP contribution in [0, 0.1) is 0 Å². The Bertz CT molecular complexity index is 955. The third-order valence-electron chi connectivity index (χ3n) is 6.73. The van der Waals surface area contributed by atoms with E-state index in [1.165, 1.54) is 11.1 Å². The third-order valence-corrected chi connectivity index (χ3v) is 6.73. The summed E-state index contributed by atoms with van der Waals surface area (Å²) in [5.41, 5.74) is 2.54. The molecule has 1 heterocycles. The van der Waals surface area contributed by atoms with Gasteiger partial charge >= 0.3 is 0 Å². The minimum atomic E-state index is -0.0376. The van der Waals surface area contributed by atoms with Crippen LogP contribution in [0.4, 0.5) is 0 Å². The average molecular weight is 466 g/mol. The van der Waals surface area contributed by atoms with Gasteiger partial charge in [0.15, 0.2) is 0 Å². The summed E-state index contributed by atoms with van der Waals surface area (Å²) in [6.07, 6.45) is 3.62. The predicted octanol–water partition coefficient (Wildman–Crippen LogP) is 3.19. The number of nitrogens with zero attached hydrogens (tertiary/aromatic N) is 2. The van der Waals surface area contributed by atoms with E-state index in [0.29, 0.717) is 19.7 Å². The summed E-state index contributed by atoms with van der Waals surface area (Å²) >= 11 is 0. The molecular formula is C27H35N3O4. The monoisotopic (exact) mass is 465 g/mol. The molecule has 1 unspecified atom stereocenters. The molecule has 7 nitrogen and oxygen atoms in total. The normalized spacial score (nSPS) is 18.1. The summed E-state index contributed by atoms with van der Waals surface area (Å²) < 4.78 is 11.0. The second kappa shape index (κ2) is 11.9. The van der Waals surface area contributed by atoms with Crippen molar-refractivity contribution < 1.29 is 19.1 Å². The molecule has 0 saturated carbocycles. The minimum absolute atomic E-state index is 0.0376. The number of carbonyl (C=O) groups excluding carboxylic acids is 2. The van der Waals surface area contributed by atoms with Gasteiger partial charge in [-0.2, -0.15) is 0 Å². The van der Waals surface area contributed by atoms with Crippen molar-refractivity contribution in [3.63, 3.8) is 0 Å². The molecular weight excluding hydrogens is 430 g/mol. The maximum atomic E-state index is 12.6. The Hall–Kier alpha value is -3.06. The van der Waals surface area contributed by atoms with Crippen molar-refractivity contribution in [2.45, 2.75) is 38.1 Å². The Balaban J connectivity index is 1.12. The number of aryl methyl sites for hydroxylation is 1. The number of piperazine rings is 1. The Morgan fingerprint density at radius 2 is 1.71 bits per heavy atom. The van der Waals surface area contributed by atoms with Crippen molar-refractivity contribution in [2.24, 2.45) is 0 Å². The number of methoxy groups -OCH3 is 1. The predicted molar refractivity (Wildman–Crippen MR) is 131 cm³/mol. The van der Waals surface area contributed by atoms with Gasteiger partial charge < -0.3 is 19.7 Å². The van der Waals surface area contributed by atoms with Crippen LogP contribution in [0.5, 0.6) is 11.5 Å². The molecule has 4 rings (SSSR count). The minimum Gasteiger partial charge on any atom is -0.497 e. The van der Waals surface area contributed by atoms with E-state index in [0.717, 1.165) is 50.4 Å². The molecule has 2 aliphatic rings. The largest absolute Gasteiger partial charge is 0.497 e. The fourth-order valence-electron chi connectivity index (χ4n) is 4.73. The summed E-state index contributed by atoms with van der Waals surface area (Å²) in [5.74, 6) is 1.66. The molecule has 0 radical (unpaired) electrons. The first kappa shape index (κ1) is 24.1. The number of benzene rings is 2. The van der Waals surface area contributed by atoms with Crippen molar-refractivity contribution in [2.75, 3.05) is 46.4 Å². The molecule has 1 fully saturated rings. The zero-order valence-electron chi connectivity index (χ0n) is 20.0. The summed E-state index contributed by atoms with van der Waals surface area (Å²) in [6, 6.07) is 16.0. The molecule has 0 aromatic heterocycles. The molecule has 2 aromatic rings. The maximum Gasteiger partial charge on any atom is 0.223 e. The van der Waals surface area contributed by atoms with Gasteiger partial charge in [0, 0.05) is 45.6 Å². The van der Waals surface area contributed by atoms with Crippen LogP contribution in [0.2, 0.25) is 0 Å². The highest BCUT2D eigenvalue weighted by Crippen LogP contribution is 2.29. The van der Waals surface area contributed by atoms with Crippen molar-refractivity contribution in [3.05, 3.63) is 59.7 Å². The Morgan fingerprint density at radius 1 is 0.971 bits per heavy atom. The van der Waals surface area contributed by atoms with Crippen LogP contribution >= 0.6 is 0 Å². The summed E-state index contributed by atoms with van der Waals surface area (Å²) in [7, 11) is 1.64. The molecule has 2 amide bonds. The van der Waals surface area contributed by atoms with E-state index in [2.05, 4.69) is 28.4 Å². The summed E-state index contributed by atoms with van der Waals surface area (Å²) in [4.78, 5) is 29.3. The maximum absolute atomic E-state index is 12.6. The number of rotatable bonds is 9. The molecule has 1 atom stereocenters. The topological polar surface area (TPSA) is 71.1 Å². The molecule has 7 heteroatoms. The zero-order valence-corrected chi connectivity index (χ0v) is 20.0. The Kier molecular flexibility index (Phi) is 8.41. The van der Waals surface area contributed by atoms with Gasteiger partial charge in [0.25, 0.3) is 0 Å². The highest BCUT2D eigenvalue weighted by atomic mass is 16.5. The Morgan fingerprint density at radius 3 is 2.47 bits per heavy atom. The third kappa shape index (κ3) is 6.50. The highest BCUT2D eigenvalue weighted by Gasteiger charge is 2.24. The van der Waals surface area contributed by atoms with Gasteiger partial charge in [-0.3, -0.25) is 14.5 Å². The van der Waals surface area contributed by atoms with E-state index < -0.39 is 0 Å². The molecule has 1 saturated heterocycles. The molecule has 34 heavy (non-hydrogen) atoms. The molecule has 2 aromatic carbocycles. The SMILES string of the molecule is COc1ccc(OCCN2CCN(C(=O)CCC(=O)NC3CCCc4ccccc43)CC2)cc1. The van der Waals surface area contributed by atoms with Crippen molar-refractivity contribution in [1.82, 2.24) is 15.1 Å². The van der Waals surface area contributed by atoms with Crippen LogP contribution in [0.15, 0.2) is 48.5 Å². The number of nitrogens with one attached hydrogen (secondary N) is 1. The van der Waals surface area contributed by atoms with Gasteiger partial charge in [0.2, 0.25) is 11.8 Å². The number of hydrogen-bond acceptors (Lipinski definition) is 5. The van der Waals surface area contributed by atoms with E-state index in [4.69, 9.17) is 9.47 Å². The van der Waals surface area contributed by atoms with Crippen LogP contribution < -0.4 is 14.8 Å². The van der Waals surface area contributed by atoms with Crippen molar-refractivity contribution in [1.29, 1.82) is 0 Å². The van der Waals surface area contributed by atoms with Crippen LogP contribution in [-0.2, 0) is 16.0 Å². The van der Waals surface area contributed by atoms with Gasteiger partial charge in [-0.15, -0.1) is 0 Å². The van der Waals surface area contributed by atoms with Gasteiger partial charge in [-0.1, -0.05) is 24.3 Å². The highest BCUT2D eigenvalue weighted by molar-refractivity contribution is 5.84. The fraction of sp³-hybridized carbons (Fsp3) is 0.481. The van der Waals surface area contributed by atoms with Crippen LogP contribution in [-0.4, -0.2) is 68.1 Å². The first-order valence-electron chi connectivity index (χ1n) is 12.3. The van der Waals surface area contributed by atoms with E-state index in [1.54, 1.807) is 7.11 Å². The summed E-state index contributed by atoms with van der Waals surface area (Å²) in [5, 5.41) is 3.14. The van der Waals surface area contributed by atoms with Gasteiger partial charge in [0.05, 0.1) is 13.2 Å². The van der Waals surface area contributed by atoms with Crippen LogP contribution in [0.1, 0.15) is 42.9 Å². The number of hydrogen-bond donors (Lipinski definition) is 1. The van der Waals surface area contributed by atoms with Crippen LogP contribution in [0.3, 0.4) is 0 Å². The fourth-order valence-corrected chi connectivity index (χ4v) is 4.73. The molecule has 1 aliphatic heterocycles. The van der Waals surface area contributed by atoms with E-state index >= 15 is 0 Å².